The molecule has 1 aliphatic heterocycles. The Hall–Kier alpha value is -1.51. The lowest BCUT2D eigenvalue weighted by Crippen LogP contribution is -2.27. The number of nitrogens with two attached hydrogens (primary N) is 1. The summed E-state index contributed by atoms with van der Waals surface area (Å²) < 4.78 is 20.8. The Morgan fingerprint density at radius 1 is 1.63 bits per heavy atom. The molecule has 1 fully saturated rings. The quantitative estimate of drug-likeness (QED) is 0.788. The molecule has 2 atom stereocenters. The largest absolute Gasteiger partial charge is 0.393 e. The van der Waals surface area contributed by atoms with Crippen LogP contribution in [0.5, 0.6) is 0 Å². The number of aromatic nitrogens is 4. The van der Waals surface area contributed by atoms with Gasteiger partial charge in [0.25, 0.3) is 0 Å². The van der Waals surface area contributed by atoms with Crippen LogP contribution in [-0.4, -0.2) is 43.5 Å². The summed E-state index contributed by atoms with van der Waals surface area (Å²) in [5.41, 5.74) is 4.54. The maximum absolute atomic E-state index is 14.0. The normalized spacial score (nSPS) is 27.2. The second-order valence-electron chi connectivity index (χ2n) is 4.48. The van der Waals surface area contributed by atoms with Gasteiger partial charge in [0.1, 0.15) is 11.7 Å². The highest BCUT2D eigenvalue weighted by Gasteiger charge is 2.41. The molecule has 2 aromatic rings. The molecule has 0 spiro atoms. The molecule has 0 unspecified atom stereocenters. The van der Waals surface area contributed by atoms with E-state index in [1.54, 1.807) is 0 Å². The van der Waals surface area contributed by atoms with E-state index < -0.39 is 18.5 Å². The van der Waals surface area contributed by atoms with Crippen LogP contribution in [0.2, 0.25) is 5.15 Å². The summed E-state index contributed by atoms with van der Waals surface area (Å²) in [7, 11) is 0. The molecule has 3 heterocycles. The van der Waals surface area contributed by atoms with E-state index in [2.05, 4.69) is 15.0 Å². The van der Waals surface area contributed by atoms with Crippen LogP contribution in [0.4, 0.5) is 10.3 Å². The maximum atomic E-state index is 14.0. The Morgan fingerprint density at radius 3 is 3.11 bits per heavy atom. The third-order valence-corrected chi connectivity index (χ3v) is 3.33. The van der Waals surface area contributed by atoms with Crippen LogP contribution in [0, 0.1) is 0 Å². The first-order valence-electron chi connectivity index (χ1n) is 5.59. The van der Waals surface area contributed by atoms with Crippen molar-refractivity contribution in [1.82, 2.24) is 19.5 Å². The number of anilines is 1. The molecule has 1 saturated heterocycles. The van der Waals surface area contributed by atoms with Gasteiger partial charge in [-0.1, -0.05) is 11.6 Å². The molecule has 1 aliphatic rings. The highest BCUT2D eigenvalue weighted by Crippen LogP contribution is 2.35. The maximum Gasteiger partial charge on any atom is 0.223 e. The monoisotopic (exact) mass is 287 g/mol. The molecule has 9 heteroatoms. The Bertz CT molecular complexity index is 636. The van der Waals surface area contributed by atoms with Crippen molar-refractivity contribution in [2.45, 2.75) is 18.3 Å². The van der Waals surface area contributed by atoms with Gasteiger partial charge in [-0.15, -0.1) is 0 Å². The molecule has 0 radical (unpaired) electrons. The zero-order valence-corrected chi connectivity index (χ0v) is 10.5. The van der Waals surface area contributed by atoms with E-state index in [1.165, 1.54) is 10.9 Å². The Labute approximate surface area is 112 Å². The predicted octanol–water partition coefficient (Wildman–Crippen LogP) is 0.681. The summed E-state index contributed by atoms with van der Waals surface area (Å²) >= 11 is 5.90. The first-order valence-corrected chi connectivity index (χ1v) is 5.97. The van der Waals surface area contributed by atoms with Crippen LogP contribution >= 0.6 is 11.6 Å². The Morgan fingerprint density at radius 2 is 2.42 bits per heavy atom. The van der Waals surface area contributed by atoms with Crippen LogP contribution in [-0.2, 0) is 4.74 Å². The Kier molecular flexibility index (Phi) is 2.80. The summed E-state index contributed by atoms with van der Waals surface area (Å²) in [6.07, 6.45) is 0.849. The molecule has 19 heavy (non-hydrogen) atoms. The van der Waals surface area contributed by atoms with Crippen molar-refractivity contribution in [3.05, 3.63) is 11.5 Å². The van der Waals surface area contributed by atoms with Crippen molar-refractivity contribution < 1.29 is 14.2 Å². The van der Waals surface area contributed by atoms with Crippen LogP contribution in [0.15, 0.2) is 6.33 Å². The number of aliphatic hydroxyl groups is 1. The fraction of sp³-hybridized carbons (Fsp3) is 0.500. The van der Waals surface area contributed by atoms with Crippen molar-refractivity contribution in [2.75, 3.05) is 18.9 Å². The third-order valence-electron chi connectivity index (χ3n) is 3.06. The number of ether oxygens (including phenoxy) is 1. The summed E-state index contributed by atoms with van der Waals surface area (Å²) in [6.45, 7) is -0.768. The van der Waals surface area contributed by atoms with Gasteiger partial charge in [-0.3, -0.25) is 4.57 Å². The zero-order chi connectivity index (χ0) is 13.6. The number of fused-ring (bicyclic) bond motifs is 1. The van der Waals surface area contributed by atoms with Gasteiger partial charge in [0.2, 0.25) is 5.95 Å². The smallest absolute Gasteiger partial charge is 0.223 e. The zero-order valence-electron chi connectivity index (χ0n) is 9.75. The van der Waals surface area contributed by atoms with Gasteiger partial charge < -0.3 is 15.6 Å². The van der Waals surface area contributed by atoms with Gasteiger partial charge in [-0.2, -0.15) is 9.97 Å². The number of hydrogen-bond donors (Lipinski definition) is 2. The number of imidazole rings is 1. The van der Waals surface area contributed by atoms with E-state index in [-0.39, 0.29) is 24.1 Å². The second-order valence-corrected chi connectivity index (χ2v) is 4.83. The first kappa shape index (κ1) is 12.5. The molecule has 2 aromatic heterocycles. The lowest BCUT2D eigenvalue weighted by Gasteiger charge is -2.14. The minimum Gasteiger partial charge on any atom is -0.393 e. The lowest BCUT2D eigenvalue weighted by atomic mass is 10.1. The molecule has 0 saturated carbocycles. The van der Waals surface area contributed by atoms with Crippen molar-refractivity contribution in [3.8, 4) is 0 Å². The van der Waals surface area contributed by atoms with Gasteiger partial charge in [-0.25, -0.2) is 9.37 Å². The van der Waals surface area contributed by atoms with Gasteiger partial charge in [0, 0.05) is 6.42 Å². The number of rotatable bonds is 2. The van der Waals surface area contributed by atoms with Crippen LogP contribution in [0.3, 0.4) is 0 Å². The molecule has 3 rings (SSSR count). The average molecular weight is 288 g/mol. The molecule has 0 aromatic carbocycles. The Balaban J connectivity index is 2.03. The summed E-state index contributed by atoms with van der Waals surface area (Å²) in [5, 5.41) is 9.13. The van der Waals surface area contributed by atoms with E-state index in [0.29, 0.717) is 11.2 Å². The predicted molar refractivity (Wildman–Crippen MR) is 65.3 cm³/mol. The first-order chi connectivity index (χ1) is 9.02. The van der Waals surface area contributed by atoms with Crippen LogP contribution in [0.25, 0.3) is 11.2 Å². The van der Waals surface area contributed by atoms with Crippen molar-refractivity contribution >= 4 is 28.7 Å². The number of alkyl halides is 1. The highest BCUT2D eigenvalue weighted by atomic mass is 35.5. The summed E-state index contributed by atoms with van der Waals surface area (Å²) in [6, 6.07) is 0. The fourth-order valence-corrected chi connectivity index (χ4v) is 2.29. The SMILES string of the molecule is Nc1nc(Cl)c2ncn([C@@H]3C[C@@](F)(CO)CO3)c2n1. The average Bonchev–Trinajstić information content (AvgIpc) is 2.94. The van der Waals surface area contributed by atoms with Crippen molar-refractivity contribution in [2.24, 2.45) is 0 Å². The number of halogens is 2. The molecular weight excluding hydrogens is 277 g/mol. The number of nitrogens with zero attached hydrogens (tertiary/aromatic N) is 4. The molecule has 0 bridgehead atoms. The molecule has 0 amide bonds. The molecule has 0 aliphatic carbocycles. The van der Waals surface area contributed by atoms with Crippen LogP contribution < -0.4 is 5.73 Å². The summed E-state index contributed by atoms with van der Waals surface area (Å²) in [5.74, 6) is 0.00548. The fourth-order valence-electron chi connectivity index (χ4n) is 2.07. The number of hydrogen-bond acceptors (Lipinski definition) is 6. The molecule has 102 valence electrons. The minimum atomic E-state index is -1.75. The van der Waals surface area contributed by atoms with E-state index in [9.17, 15) is 4.39 Å². The van der Waals surface area contributed by atoms with Gasteiger partial charge in [0.15, 0.2) is 16.5 Å². The van der Waals surface area contributed by atoms with Gasteiger partial charge in [-0.05, 0) is 0 Å². The molecule has 3 N–H and O–H groups in total. The molecule has 7 nitrogen and oxygen atoms in total. The summed E-state index contributed by atoms with van der Waals surface area (Å²) in [4.78, 5) is 11.9. The van der Waals surface area contributed by atoms with Crippen LogP contribution in [0.1, 0.15) is 12.6 Å². The second kappa shape index (κ2) is 4.26. The molecular formula is C10H11ClFN5O2. The third kappa shape index (κ3) is 2.01. The van der Waals surface area contributed by atoms with E-state index in [0.717, 1.165) is 0 Å². The number of nitrogen functional groups attached to an aromatic ring is 1. The van der Waals surface area contributed by atoms with Crippen molar-refractivity contribution in [1.29, 1.82) is 0 Å². The lowest BCUT2D eigenvalue weighted by molar-refractivity contribution is 0.0302. The van der Waals surface area contributed by atoms with Gasteiger partial charge >= 0.3 is 0 Å². The topological polar surface area (TPSA) is 99.1 Å². The van der Waals surface area contributed by atoms with Gasteiger partial charge in [0.05, 0.1) is 19.5 Å². The van der Waals surface area contributed by atoms with E-state index in [1.807, 2.05) is 0 Å². The van der Waals surface area contributed by atoms with E-state index >= 15 is 0 Å². The highest BCUT2D eigenvalue weighted by molar-refractivity contribution is 6.33. The van der Waals surface area contributed by atoms with E-state index in [4.69, 9.17) is 27.2 Å². The number of aliphatic hydroxyl groups excluding tert-OH is 1. The van der Waals surface area contributed by atoms with Crippen molar-refractivity contribution in [3.63, 3.8) is 0 Å². The standard InChI is InChI=1S/C10H11ClFN5O2/c11-7-6-8(16-9(13)15-7)17(4-14-6)5-1-10(12,2-18)3-19-5/h4-5,18H,1-3H2,(H2,13,15,16)/t5-,10+/m0/s1. The minimum absolute atomic E-state index is 0.00548.